The molecule has 0 aliphatic rings. The van der Waals surface area contributed by atoms with Crippen molar-refractivity contribution in [2.24, 2.45) is 0 Å². The normalized spacial score (nSPS) is 10.3. The van der Waals surface area contributed by atoms with E-state index in [0.29, 0.717) is 17.3 Å². The summed E-state index contributed by atoms with van der Waals surface area (Å²) in [7, 11) is 1.51. The number of halogens is 1. The average Bonchev–Trinajstić information content (AvgIpc) is 2.47. The molecule has 0 saturated carbocycles. The van der Waals surface area contributed by atoms with Crippen molar-refractivity contribution in [3.05, 3.63) is 65.2 Å². The van der Waals surface area contributed by atoms with Crippen LogP contribution in [0.15, 0.2) is 54.6 Å². The molecule has 2 rings (SSSR count). The zero-order valence-electron chi connectivity index (χ0n) is 11.3. The first-order valence-electron chi connectivity index (χ1n) is 6.30. The van der Waals surface area contributed by atoms with E-state index >= 15 is 0 Å². The maximum absolute atomic E-state index is 12.2. The van der Waals surface area contributed by atoms with Gasteiger partial charge in [-0.25, -0.2) is 0 Å². The molecule has 0 spiro atoms. The van der Waals surface area contributed by atoms with E-state index in [2.05, 4.69) is 0 Å². The van der Waals surface area contributed by atoms with Gasteiger partial charge >= 0.3 is 0 Å². The van der Waals surface area contributed by atoms with Gasteiger partial charge in [0.15, 0.2) is 0 Å². The third-order valence-corrected chi connectivity index (χ3v) is 3.22. The van der Waals surface area contributed by atoms with E-state index in [0.717, 1.165) is 5.56 Å². The Morgan fingerprint density at radius 1 is 1.10 bits per heavy atom. The highest BCUT2D eigenvalue weighted by molar-refractivity contribution is 6.33. The number of carbonyl (C=O) groups is 1. The van der Waals surface area contributed by atoms with Gasteiger partial charge in [-0.15, -0.1) is 0 Å². The van der Waals surface area contributed by atoms with Crippen LogP contribution in [0.1, 0.15) is 5.56 Å². The van der Waals surface area contributed by atoms with E-state index in [1.807, 2.05) is 48.5 Å². The number of hydrogen-bond donors (Lipinski definition) is 0. The molecule has 0 radical (unpaired) electrons. The molecule has 0 fully saturated rings. The summed E-state index contributed by atoms with van der Waals surface area (Å²) in [6.07, 6.45) is 0. The lowest BCUT2D eigenvalue weighted by atomic mass is 10.2. The molecule has 0 saturated heterocycles. The van der Waals surface area contributed by atoms with Gasteiger partial charge in [0, 0.05) is 7.11 Å². The fourth-order valence-electron chi connectivity index (χ4n) is 1.95. The minimum atomic E-state index is -0.121. The van der Waals surface area contributed by atoms with Gasteiger partial charge in [0.25, 0.3) is 5.91 Å². The van der Waals surface area contributed by atoms with Gasteiger partial charge < -0.3 is 9.64 Å². The van der Waals surface area contributed by atoms with Crippen LogP contribution in [0.3, 0.4) is 0 Å². The molecule has 3 nitrogen and oxygen atoms in total. The van der Waals surface area contributed by atoms with E-state index in [4.69, 9.17) is 16.3 Å². The highest BCUT2D eigenvalue weighted by Gasteiger charge is 2.18. The number of nitrogens with zero attached hydrogens (tertiary/aromatic N) is 1. The van der Waals surface area contributed by atoms with E-state index in [1.54, 1.807) is 11.0 Å². The second-order valence-electron chi connectivity index (χ2n) is 4.35. The van der Waals surface area contributed by atoms with E-state index in [9.17, 15) is 4.79 Å². The second-order valence-corrected chi connectivity index (χ2v) is 4.76. The zero-order chi connectivity index (χ0) is 14.4. The van der Waals surface area contributed by atoms with Crippen LogP contribution in [0.25, 0.3) is 0 Å². The topological polar surface area (TPSA) is 29.5 Å². The van der Waals surface area contributed by atoms with Crippen molar-refractivity contribution in [3.63, 3.8) is 0 Å². The number of hydrogen-bond acceptors (Lipinski definition) is 2. The first-order chi connectivity index (χ1) is 9.72. The highest BCUT2D eigenvalue weighted by Crippen LogP contribution is 2.26. The number of amides is 1. The Morgan fingerprint density at radius 2 is 1.75 bits per heavy atom. The molecule has 4 heteroatoms. The van der Waals surface area contributed by atoms with Gasteiger partial charge in [-0.2, -0.15) is 0 Å². The van der Waals surface area contributed by atoms with Crippen molar-refractivity contribution < 1.29 is 9.53 Å². The summed E-state index contributed by atoms with van der Waals surface area (Å²) in [5.41, 5.74) is 1.73. The third-order valence-electron chi connectivity index (χ3n) is 2.90. The van der Waals surface area contributed by atoms with Gasteiger partial charge in [0.05, 0.1) is 17.3 Å². The van der Waals surface area contributed by atoms with Crippen molar-refractivity contribution in [1.82, 2.24) is 0 Å². The minimum Gasteiger partial charge on any atom is -0.375 e. The maximum atomic E-state index is 12.2. The minimum absolute atomic E-state index is 0.0258. The number of ether oxygens (including phenoxy) is 1. The van der Waals surface area contributed by atoms with Gasteiger partial charge in [-0.05, 0) is 17.7 Å². The molecule has 2 aromatic carbocycles. The lowest BCUT2D eigenvalue weighted by molar-refractivity contribution is -0.122. The summed E-state index contributed by atoms with van der Waals surface area (Å²) in [4.78, 5) is 13.9. The van der Waals surface area contributed by atoms with E-state index in [1.165, 1.54) is 7.11 Å². The van der Waals surface area contributed by atoms with Crippen LogP contribution in [-0.4, -0.2) is 19.6 Å². The highest BCUT2D eigenvalue weighted by atomic mass is 35.5. The summed E-state index contributed by atoms with van der Waals surface area (Å²) in [5, 5.41) is 0.549. The quantitative estimate of drug-likeness (QED) is 0.843. The lowest BCUT2D eigenvalue weighted by Crippen LogP contribution is -2.33. The van der Waals surface area contributed by atoms with Crippen LogP contribution in [-0.2, 0) is 16.1 Å². The molecule has 0 aromatic heterocycles. The Hall–Kier alpha value is -1.84. The van der Waals surface area contributed by atoms with Gasteiger partial charge in [0.1, 0.15) is 6.61 Å². The Bertz CT molecular complexity index is 572. The first kappa shape index (κ1) is 14.6. The fraction of sp³-hybridized carbons (Fsp3) is 0.188. The van der Waals surface area contributed by atoms with Crippen molar-refractivity contribution >= 4 is 23.2 Å². The van der Waals surface area contributed by atoms with Crippen LogP contribution in [0.2, 0.25) is 5.02 Å². The Morgan fingerprint density at radius 3 is 2.40 bits per heavy atom. The number of anilines is 1. The standard InChI is InChI=1S/C16H16ClNO2/c1-20-12-16(19)18(11-13-7-3-2-4-8-13)15-10-6-5-9-14(15)17/h2-10H,11-12H2,1H3. The molecule has 104 valence electrons. The second kappa shape index (κ2) is 7.08. The zero-order valence-corrected chi connectivity index (χ0v) is 12.0. The molecule has 0 bridgehead atoms. The monoisotopic (exact) mass is 289 g/mol. The number of rotatable bonds is 5. The van der Waals surface area contributed by atoms with Crippen molar-refractivity contribution in [1.29, 1.82) is 0 Å². The van der Waals surface area contributed by atoms with Crippen LogP contribution in [0.4, 0.5) is 5.69 Å². The van der Waals surface area contributed by atoms with Crippen LogP contribution < -0.4 is 4.90 Å². The molecule has 0 atom stereocenters. The van der Waals surface area contributed by atoms with Crippen LogP contribution >= 0.6 is 11.6 Å². The predicted octanol–water partition coefficient (Wildman–Crippen LogP) is 3.52. The SMILES string of the molecule is COCC(=O)N(Cc1ccccc1)c1ccccc1Cl. The summed E-state index contributed by atoms with van der Waals surface area (Å²) < 4.78 is 4.95. The van der Waals surface area contributed by atoms with Gasteiger partial charge in [0.2, 0.25) is 0 Å². The van der Waals surface area contributed by atoms with Crippen molar-refractivity contribution in [3.8, 4) is 0 Å². The number of methoxy groups -OCH3 is 1. The first-order valence-corrected chi connectivity index (χ1v) is 6.68. The van der Waals surface area contributed by atoms with Crippen molar-refractivity contribution in [2.75, 3.05) is 18.6 Å². The smallest absolute Gasteiger partial charge is 0.253 e. The molecule has 2 aromatic rings. The molecular weight excluding hydrogens is 274 g/mol. The molecule has 0 N–H and O–H groups in total. The van der Waals surface area contributed by atoms with Crippen molar-refractivity contribution in [2.45, 2.75) is 6.54 Å². The molecule has 0 aliphatic carbocycles. The largest absolute Gasteiger partial charge is 0.375 e. The number of carbonyl (C=O) groups excluding carboxylic acids is 1. The molecule has 0 unspecified atom stereocenters. The Kier molecular flexibility index (Phi) is 5.16. The van der Waals surface area contributed by atoms with Gasteiger partial charge in [-0.3, -0.25) is 4.79 Å². The number of para-hydroxylation sites is 1. The molecule has 1 amide bonds. The molecular formula is C16H16ClNO2. The van der Waals surface area contributed by atoms with Crippen LogP contribution in [0.5, 0.6) is 0 Å². The predicted molar refractivity (Wildman–Crippen MR) is 81.0 cm³/mol. The van der Waals surface area contributed by atoms with E-state index < -0.39 is 0 Å². The molecule has 0 heterocycles. The molecule has 0 aliphatic heterocycles. The Balaban J connectivity index is 2.30. The summed E-state index contributed by atoms with van der Waals surface area (Å²) in [6, 6.07) is 17.1. The summed E-state index contributed by atoms with van der Waals surface area (Å²) in [6.45, 7) is 0.491. The average molecular weight is 290 g/mol. The lowest BCUT2D eigenvalue weighted by Gasteiger charge is -2.23. The summed E-state index contributed by atoms with van der Waals surface area (Å²) >= 11 is 6.19. The van der Waals surface area contributed by atoms with Gasteiger partial charge in [-0.1, -0.05) is 54.1 Å². The molecule has 20 heavy (non-hydrogen) atoms. The fourth-order valence-corrected chi connectivity index (χ4v) is 2.18. The Labute approximate surface area is 123 Å². The maximum Gasteiger partial charge on any atom is 0.253 e. The number of benzene rings is 2. The van der Waals surface area contributed by atoms with E-state index in [-0.39, 0.29) is 12.5 Å². The third kappa shape index (κ3) is 3.59. The van der Waals surface area contributed by atoms with Crippen LogP contribution in [0, 0.1) is 0 Å². The summed E-state index contributed by atoms with van der Waals surface area (Å²) in [5.74, 6) is -0.121.